The second kappa shape index (κ2) is 7.88. The molecular weight excluding hydrogens is 330 g/mol. The van der Waals surface area contributed by atoms with Gasteiger partial charge in [0.15, 0.2) is 5.75 Å². The number of benzene rings is 1. The van der Waals surface area contributed by atoms with Gasteiger partial charge in [-0.3, -0.25) is 9.59 Å². The van der Waals surface area contributed by atoms with Gasteiger partial charge in [0, 0.05) is 30.2 Å². The topological polar surface area (TPSA) is 83.2 Å². The van der Waals surface area contributed by atoms with Crippen LogP contribution in [0.3, 0.4) is 0 Å². The number of ether oxygens (including phenoxy) is 1. The zero-order valence-corrected chi connectivity index (χ0v) is 14.5. The SMILES string of the molecule is CCNC(=O)c1cc(O[C@H](C)c2ccccc2Cl)c(C(=O)NC)[nH]1. The van der Waals surface area contributed by atoms with Crippen LogP contribution in [0.15, 0.2) is 30.3 Å². The van der Waals surface area contributed by atoms with Crippen molar-refractivity contribution in [3.63, 3.8) is 0 Å². The number of nitrogens with one attached hydrogen (secondary N) is 3. The van der Waals surface area contributed by atoms with E-state index in [0.717, 1.165) is 5.56 Å². The van der Waals surface area contributed by atoms with E-state index in [0.29, 0.717) is 17.3 Å². The van der Waals surface area contributed by atoms with Crippen molar-refractivity contribution in [1.82, 2.24) is 15.6 Å². The van der Waals surface area contributed by atoms with Gasteiger partial charge >= 0.3 is 0 Å². The highest BCUT2D eigenvalue weighted by Gasteiger charge is 2.21. The highest BCUT2D eigenvalue weighted by molar-refractivity contribution is 6.31. The molecule has 0 aliphatic carbocycles. The van der Waals surface area contributed by atoms with E-state index in [1.165, 1.54) is 13.1 Å². The Morgan fingerprint density at radius 2 is 2.00 bits per heavy atom. The number of aromatic nitrogens is 1. The first kappa shape index (κ1) is 17.9. The molecule has 0 aliphatic heterocycles. The Labute approximate surface area is 145 Å². The number of H-pyrrole nitrogens is 1. The average Bonchev–Trinajstić information content (AvgIpc) is 2.98. The van der Waals surface area contributed by atoms with Gasteiger partial charge in [-0.1, -0.05) is 29.8 Å². The first-order valence-corrected chi connectivity index (χ1v) is 8.00. The van der Waals surface area contributed by atoms with E-state index < -0.39 is 0 Å². The van der Waals surface area contributed by atoms with Crippen molar-refractivity contribution in [3.8, 4) is 5.75 Å². The minimum Gasteiger partial charge on any atom is -0.483 e. The lowest BCUT2D eigenvalue weighted by atomic mass is 10.1. The lowest BCUT2D eigenvalue weighted by Gasteiger charge is -2.16. The fourth-order valence-electron chi connectivity index (χ4n) is 2.26. The fourth-order valence-corrected chi connectivity index (χ4v) is 2.55. The lowest BCUT2D eigenvalue weighted by molar-refractivity contribution is 0.0951. The van der Waals surface area contributed by atoms with Crippen molar-refractivity contribution in [2.24, 2.45) is 0 Å². The van der Waals surface area contributed by atoms with E-state index in [1.807, 2.05) is 32.0 Å². The van der Waals surface area contributed by atoms with Gasteiger partial charge in [-0.05, 0) is 19.9 Å². The van der Waals surface area contributed by atoms with E-state index in [4.69, 9.17) is 16.3 Å². The van der Waals surface area contributed by atoms with Gasteiger partial charge in [0.25, 0.3) is 11.8 Å². The molecule has 0 spiro atoms. The Bertz CT molecular complexity index is 742. The molecule has 0 aliphatic rings. The van der Waals surface area contributed by atoms with E-state index in [1.54, 1.807) is 6.07 Å². The first-order chi connectivity index (χ1) is 11.5. The summed E-state index contributed by atoms with van der Waals surface area (Å²) in [5.74, 6) is -0.377. The summed E-state index contributed by atoms with van der Waals surface area (Å²) in [4.78, 5) is 26.8. The maximum Gasteiger partial charge on any atom is 0.271 e. The minimum absolute atomic E-state index is 0.192. The molecule has 0 unspecified atom stereocenters. The predicted molar refractivity (Wildman–Crippen MR) is 92.7 cm³/mol. The second-order valence-corrected chi connectivity index (χ2v) is 5.55. The van der Waals surface area contributed by atoms with Crippen molar-refractivity contribution < 1.29 is 14.3 Å². The van der Waals surface area contributed by atoms with Crippen LogP contribution in [0.25, 0.3) is 0 Å². The predicted octanol–water partition coefficient (Wildman–Crippen LogP) is 2.92. The average molecular weight is 350 g/mol. The van der Waals surface area contributed by atoms with Crippen molar-refractivity contribution in [3.05, 3.63) is 52.3 Å². The van der Waals surface area contributed by atoms with Gasteiger partial charge < -0.3 is 20.4 Å². The standard InChI is InChI=1S/C17H20ClN3O3/c1-4-20-16(22)13-9-14(15(21-13)17(23)19-3)24-10(2)11-7-5-6-8-12(11)18/h5-10,21H,4H2,1-3H3,(H,19,23)(H,20,22)/t10-/m1/s1. The molecule has 128 valence electrons. The molecule has 0 saturated heterocycles. The molecule has 2 amide bonds. The maximum atomic E-state index is 12.0. The number of carbonyl (C=O) groups excluding carboxylic acids is 2. The number of hydrogen-bond acceptors (Lipinski definition) is 3. The summed E-state index contributed by atoms with van der Waals surface area (Å²) in [6.07, 6.45) is -0.389. The van der Waals surface area contributed by atoms with Gasteiger partial charge in [-0.25, -0.2) is 0 Å². The number of halogens is 1. The smallest absolute Gasteiger partial charge is 0.271 e. The van der Waals surface area contributed by atoms with Gasteiger partial charge in [0.05, 0.1) is 0 Å². The van der Waals surface area contributed by atoms with E-state index >= 15 is 0 Å². The maximum absolute atomic E-state index is 12.0. The Kier molecular flexibility index (Phi) is 5.87. The van der Waals surface area contributed by atoms with Gasteiger partial charge in [-0.2, -0.15) is 0 Å². The van der Waals surface area contributed by atoms with Crippen molar-refractivity contribution >= 4 is 23.4 Å². The first-order valence-electron chi connectivity index (χ1n) is 7.62. The van der Waals surface area contributed by atoms with Crippen LogP contribution in [0.2, 0.25) is 5.02 Å². The molecule has 2 aromatic rings. The minimum atomic E-state index is -0.389. The third kappa shape index (κ3) is 3.89. The summed E-state index contributed by atoms with van der Waals surface area (Å²) in [7, 11) is 1.51. The van der Waals surface area contributed by atoms with Gasteiger partial charge in [0.2, 0.25) is 0 Å². The fraction of sp³-hybridized carbons (Fsp3) is 0.294. The van der Waals surface area contributed by atoms with Crippen LogP contribution in [0, 0.1) is 0 Å². The normalized spacial score (nSPS) is 11.7. The monoisotopic (exact) mass is 349 g/mol. The largest absolute Gasteiger partial charge is 0.483 e. The summed E-state index contributed by atoms with van der Waals surface area (Å²) < 4.78 is 5.89. The molecule has 1 aromatic heterocycles. The summed E-state index contributed by atoms with van der Waals surface area (Å²) >= 11 is 6.18. The van der Waals surface area contributed by atoms with Crippen LogP contribution in [0.4, 0.5) is 0 Å². The highest BCUT2D eigenvalue weighted by Crippen LogP contribution is 2.29. The molecule has 0 fully saturated rings. The van der Waals surface area contributed by atoms with Crippen LogP contribution in [0.1, 0.15) is 46.5 Å². The Morgan fingerprint density at radius 3 is 2.62 bits per heavy atom. The molecular formula is C17H20ClN3O3. The lowest BCUT2D eigenvalue weighted by Crippen LogP contribution is -2.23. The van der Waals surface area contributed by atoms with E-state index in [2.05, 4.69) is 15.6 Å². The molecule has 0 saturated carbocycles. The number of amides is 2. The Morgan fingerprint density at radius 1 is 1.29 bits per heavy atom. The number of aromatic amines is 1. The third-order valence-electron chi connectivity index (χ3n) is 3.46. The molecule has 7 heteroatoms. The Balaban J connectivity index is 2.32. The third-order valence-corrected chi connectivity index (χ3v) is 3.81. The van der Waals surface area contributed by atoms with Gasteiger partial charge in [0.1, 0.15) is 17.5 Å². The van der Waals surface area contributed by atoms with Crippen LogP contribution in [-0.2, 0) is 0 Å². The van der Waals surface area contributed by atoms with E-state index in [-0.39, 0.29) is 29.3 Å². The molecule has 3 N–H and O–H groups in total. The summed E-state index contributed by atoms with van der Waals surface area (Å²) in [6, 6.07) is 8.83. The zero-order valence-electron chi connectivity index (χ0n) is 13.8. The molecule has 1 heterocycles. The molecule has 1 atom stereocenters. The van der Waals surface area contributed by atoms with Gasteiger partial charge in [-0.15, -0.1) is 0 Å². The van der Waals surface area contributed by atoms with Crippen molar-refractivity contribution in [2.45, 2.75) is 20.0 Å². The Hall–Kier alpha value is -2.47. The van der Waals surface area contributed by atoms with Crippen molar-refractivity contribution in [2.75, 3.05) is 13.6 Å². The summed E-state index contributed by atoms with van der Waals surface area (Å²) in [5.41, 5.74) is 1.25. The summed E-state index contributed by atoms with van der Waals surface area (Å²) in [5, 5.41) is 5.77. The second-order valence-electron chi connectivity index (χ2n) is 5.14. The quantitative estimate of drug-likeness (QED) is 0.749. The van der Waals surface area contributed by atoms with Crippen molar-refractivity contribution in [1.29, 1.82) is 0 Å². The molecule has 1 aromatic carbocycles. The van der Waals surface area contributed by atoms with Crippen LogP contribution in [-0.4, -0.2) is 30.4 Å². The zero-order chi connectivity index (χ0) is 17.7. The molecule has 0 bridgehead atoms. The van der Waals surface area contributed by atoms with E-state index in [9.17, 15) is 9.59 Å². The van der Waals surface area contributed by atoms with Crippen LogP contribution >= 0.6 is 11.6 Å². The van der Waals surface area contributed by atoms with Crippen LogP contribution < -0.4 is 15.4 Å². The molecule has 24 heavy (non-hydrogen) atoms. The van der Waals surface area contributed by atoms with Crippen LogP contribution in [0.5, 0.6) is 5.75 Å². The molecule has 2 rings (SSSR count). The molecule has 6 nitrogen and oxygen atoms in total. The number of rotatable bonds is 6. The number of carbonyl (C=O) groups is 2. The molecule has 0 radical (unpaired) electrons. The number of hydrogen-bond donors (Lipinski definition) is 3. The summed E-state index contributed by atoms with van der Waals surface area (Å²) in [6.45, 7) is 4.13. The highest BCUT2D eigenvalue weighted by atomic mass is 35.5.